The van der Waals surface area contributed by atoms with Gasteiger partial charge in [-0.05, 0) is 6.42 Å². The summed E-state index contributed by atoms with van der Waals surface area (Å²) in [5.74, 6) is 2.51. The number of aromatic nitrogens is 2. The number of hydrogen-bond acceptors (Lipinski definition) is 2. The molecule has 0 atom stereocenters. The zero-order valence-corrected chi connectivity index (χ0v) is 10.7. The van der Waals surface area contributed by atoms with E-state index in [1.165, 1.54) is 0 Å². The molecule has 1 heterocycles. The number of thioether (sulfide) groups is 1. The lowest BCUT2D eigenvalue weighted by atomic mass is 10.3. The first kappa shape index (κ1) is 12.2. The van der Waals surface area contributed by atoms with Crippen LogP contribution in [0, 0.1) is 0 Å². The summed E-state index contributed by atoms with van der Waals surface area (Å²) in [5, 5.41) is 5.16. The highest BCUT2D eigenvalue weighted by atomic mass is 35.5. The fraction of sp³-hybridized carbons (Fsp3) is 0.667. The van der Waals surface area contributed by atoms with Crippen molar-refractivity contribution in [1.82, 2.24) is 9.78 Å². The van der Waals surface area contributed by atoms with Crippen molar-refractivity contribution in [1.29, 1.82) is 0 Å². The third-order valence-electron chi connectivity index (χ3n) is 1.96. The molecule has 1 aromatic heterocycles. The van der Waals surface area contributed by atoms with E-state index in [1.54, 1.807) is 11.8 Å². The van der Waals surface area contributed by atoms with Crippen LogP contribution in [0.5, 0.6) is 0 Å². The minimum atomic E-state index is 0.681. The Bertz CT molecular complexity index is 299. The second kappa shape index (κ2) is 5.89. The molecule has 0 radical (unpaired) electrons. The van der Waals surface area contributed by atoms with Crippen molar-refractivity contribution in [2.45, 2.75) is 19.1 Å². The Balaban J connectivity index is 2.70. The van der Waals surface area contributed by atoms with Gasteiger partial charge in [-0.1, -0.05) is 18.5 Å². The van der Waals surface area contributed by atoms with E-state index in [-0.39, 0.29) is 0 Å². The van der Waals surface area contributed by atoms with Gasteiger partial charge in [0, 0.05) is 24.4 Å². The van der Waals surface area contributed by atoms with Crippen LogP contribution in [-0.4, -0.2) is 21.4 Å². The van der Waals surface area contributed by atoms with Gasteiger partial charge >= 0.3 is 0 Å². The number of alkyl halides is 1. The summed E-state index contributed by atoms with van der Waals surface area (Å²) in [4.78, 5) is 0. The molecule has 0 amide bonds. The van der Waals surface area contributed by atoms with E-state index in [2.05, 4.69) is 12.0 Å². The summed E-state index contributed by atoms with van der Waals surface area (Å²) < 4.78 is 1.86. The maximum atomic E-state index is 6.18. The number of nitrogens with zero attached hydrogens (tertiary/aromatic N) is 2. The third-order valence-corrected chi connectivity index (χ3v) is 3.78. The second-order valence-electron chi connectivity index (χ2n) is 2.93. The Morgan fingerprint density at radius 1 is 1.50 bits per heavy atom. The molecule has 0 saturated carbocycles. The van der Waals surface area contributed by atoms with Crippen LogP contribution in [0.25, 0.3) is 0 Å². The third kappa shape index (κ3) is 2.81. The normalized spacial score (nSPS) is 10.9. The van der Waals surface area contributed by atoms with E-state index in [4.69, 9.17) is 23.2 Å². The maximum absolute atomic E-state index is 6.18. The minimum absolute atomic E-state index is 0.681. The standard InChI is InChI=1S/C9H14Cl2N2S/c1-3-7-9(11)8(13(2)12-7)6-14-5-4-10/h3-6H2,1-2H3. The van der Waals surface area contributed by atoms with Gasteiger partial charge in [0.1, 0.15) is 0 Å². The van der Waals surface area contributed by atoms with Gasteiger partial charge in [0.15, 0.2) is 0 Å². The monoisotopic (exact) mass is 252 g/mol. The first-order valence-electron chi connectivity index (χ1n) is 4.54. The summed E-state index contributed by atoms with van der Waals surface area (Å²) in [6.07, 6.45) is 0.882. The fourth-order valence-electron chi connectivity index (χ4n) is 1.20. The zero-order valence-electron chi connectivity index (χ0n) is 8.39. The van der Waals surface area contributed by atoms with Gasteiger partial charge in [0.2, 0.25) is 0 Å². The Morgan fingerprint density at radius 3 is 2.71 bits per heavy atom. The Morgan fingerprint density at radius 2 is 2.21 bits per heavy atom. The SMILES string of the molecule is CCc1nn(C)c(CSCCCl)c1Cl. The molecule has 2 nitrogen and oxygen atoms in total. The molecule has 0 saturated heterocycles. The van der Waals surface area contributed by atoms with Crippen LogP contribution in [-0.2, 0) is 19.2 Å². The van der Waals surface area contributed by atoms with Crippen LogP contribution < -0.4 is 0 Å². The van der Waals surface area contributed by atoms with Crippen molar-refractivity contribution in [2.75, 3.05) is 11.6 Å². The van der Waals surface area contributed by atoms with Gasteiger partial charge < -0.3 is 0 Å². The van der Waals surface area contributed by atoms with E-state index < -0.39 is 0 Å². The van der Waals surface area contributed by atoms with Gasteiger partial charge in [0.05, 0.1) is 16.4 Å². The summed E-state index contributed by atoms with van der Waals surface area (Å²) in [6, 6.07) is 0. The predicted molar refractivity (Wildman–Crippen MR) is 64.5 cm³/mol. The van der Waals surface area contributed by atoms with Gasteiger partial charge in [-0.15, -0.1) is 11.6 Å². The molecule has 0 aliphatic heterocycles. The van der Waals surface area contributed by atoms with Gasteiger partial charge in [-0.3, -0.25) is 4.68 Å². The van der Waals surface area contributed by atoms with Crippen LogP contribution in [0.3, 0.4) is 0 Å². The summed E-state index contributed by atoms with van der Waals surface area (Å²) in [7, 11) is 1.93. The lowest BCUT2D eigenvalue weighted by molar-refractivity contribution is 0.720. The molecule has 0 N–H and O–H groups in total. The minimum Gasteiger partial charge on any atom is -0.270 e. The van der Waals surface area contributed by atoms with Gasteiger partial charge in [-0.2, -0.15) is 16.9 Å². The molecule has 80 valence electrons. The van der Waals surface area contributed by atoms with Crippen molar-refractivity contribution in [3.05, 3.63) is 16.4 Å². The smallest absolute Gasteiger partial charge is 0.0858 e. The van der Waals surface area contributed by atoms with Crippen LogP contribution in [0.15, 0.2) is 0 Å². The average molecular weight is 253 g/mol. The molecule has 1 rings (SSSR count). The highest BCUT2D eigenvalue weighted by molar-refractivity contribution is 7.98. The highest BCUT2D eigenvalue weighted by Crippen LogP contribution is 2.24. The molecular formula is C9H14Cl2N2S. The molecule has 0 bridgehead atoms. The van der Waals surface area contributed by atoms with E-state index in [0.29, 0.717) is 5.88 Å². The molecule has 0 aliphatic rings. The number of rotatable bonds is 5. The first-order valence-corrected chi connectivity index (χ1v) is 6.61. The maximum Gasteiger partial charge on any atom is 0.0858 e. The van der Waals surface area contributed by atoms with Crippen LogP contribution in [0.2, 0.25) is 5.02 Å². The summed E-state index contributed by atoms with van der Waals surface area (Å²) in [5.41, 5.74) is 2.08. The zero-order chi connectivity index (χ0) is 10.6. The van der Waals surface area contributed by atoms with Crippen LogP contribution in [0.4, 0.5) is 0 Å². The average Bonchev–Trinajstić information content (AvgIpc) is 2.45. The molecule has 5 heteroatoms. The lowest BCUT2D eigenvalue weighted by Crippen LogP contribution is -1.97. The largest absolute Gasteiger partial charge is 0.270 e. The van der Waals surface area contributed by atoms with Crippen molar-refractivity contribution in [3.63, 3.8) is 0 Å². The Kier molecular flexibility index (Phi) is 5.13. The van der Waals surface area contributed by atoms with Crippen molar-refractivity contribution < 1.29 is 0 Å². The summed E-state index contributed by atoms with van der Waals surface area (Å²) >= 11 is 13.6. The number of halogens is 2. The van der Waals surface area contributed by atoms with Crippen molar-refractivity contribution in [2.24, 2.45) is 7.05 Å². The second-order valence-corrected chi connectivity index (χ2v) is 4.79. The first-order chi connectivity index (χ1) is 6.70. The number of hydrogen-bond donors (Lipinski definition) is 0. The topological polar surface area (TPSA) is 17.8 Å². The fourth-order valence-corrected chi connectivity index (χ4v) is 2.75. The van der Waals surface area contributed by atoms with E-state index in [1.807, 2.05) is 11.7 Å². The summed E-state index contributed by atoms with van der Waals surface area (Å²) in [6.45, 7) is 2.06. The molecule has 0 spiro atoms. The molecule has 0 fully saturated rings. The molecular weight excluding hydrogens is 239 g/mol. The molecule has 0 unspecified atom stereocenters. The Hall–Kier alpha value is 0.140. The van der Waals surface area contributed by atoms with E-state index in [0.717, 1.165) is 34.3 Å². The van der Waals surface area contributed by atoms with Crippen LogP contribution in [0.1, 0.15) is 18.3 Å². The molecule has 1 aromatic rings. The predicted octanol–water partition coefficient (Wildman–Crippen LogP) is 3.11. The van der Waals surface area contributed by atoms with Gasteiger partial charge in [0.25, 0.3) is 0 Å². The van der Waals surface area contributed by atoms with Crippen molar-refractivity contribution >= 4 is 35.0 Å². The number of aryl methyl sites for hydroxylation is 2. The molecule has 0 aromatic carbocycles. The van der Waals surface area contributed by atoms with Crippen molar-refractivity contribution in [3.8, 4) is 0 Å². The highest BCUT2D eigenvalue weighted by Gasteiger charge is 2.12. The molecule has 0 aliphatic carbocycles. The molecule has 14 heavy (non-hydrogen) atoms. The van der Waals surface area contributed by atoms with Gasteiger partial charge in [-0.25, -0.2) is 0 Å². The van der Waals surface area contributed by atoms with E-state index >= 15 is 0 Å². The Labute approximate surface area is 99.0 Å². The quantitative estimate of drug-likeness (QED) is 0.592. The lowest BCUT2D eigenvalue weighted by Gasteiger charge is -2.00. The van der Waals surface area contributed by atoms with Crippen LogP contribution >= 0.6 is 35.0 Å². The van der Waals surface area contributed by atoms with E-state index in [9.17, 15) is 0 Å².